The van der Waals surface area contributed by atoms with Gasteiger partial charge in [0.25, 0.3) is 11.8 Å². The van der Waals surface area contributed by atoms with Crippen LogP contribution in [0.2, 0.25) is 10.0 Å². The fourth-order valence-corrected chi connectivity index (χ4v) is 4.04. The fourth-order valence-electron chi connectivity index (χ4n) is 3.21. The van der Waals surface area contributed by atoms with Crippen molar-refractivity contribution in [3.8, 4) is 5.75 Å². The van der Waals surface area contributed by atoms with Gasteiger partial charge in [0.2, 0.25) is 0 Å². The first kappa shape index (κ1) is 23.0. The topological polar surface area (TPSA) is 75.7 Å². The normalized spacial score (nSPS) is 15.1. The maximum absolute atomic E-state index is 13.2. The largest absolute Gasteiger partial charge is 0.487 e. The van der Waals surface area contributed by atoms with Crippen molar-refractivity contribution in [3.63, 3.8) is 0 Å². The molecule has 6 nitrogen and oxygen atoms in total. The summed E-state index contributed by atoms with van der Waals surface area (Å²) in [5.74, 6) is -1.36. The van der Waals surface area contributed by atoms with E-state index in [4.69, 9.17) is 27.9 Å². The van der Waals surface area contributed by atoms with Crippen LogP contribution in [0, 0.1) is 0 Å². The zero-order chi connectivity index (χ0) is 23.5. The number of nitrogens with zero attached hydrogens (tertiary/aromatic N) is 1. The lowest BCUT2D eigenvalue weighted by molar-refractivity contribution is -0.122. The highest BCUT2D eigenvalue weighted by Gasteiger charge is 2.37. The molecule has 0 radical (unpaired) electrons. The van der Waals surface area contributed by atoms with Crippen LogP contribution < -0.4 is 15.0 Å². The van der Waals surface area contributed by atoms with Gasteiger partial charge in [-0.25, -0.2) is 9.69 Å². The molecule has 4 rings (SSSR count). The van der Waals surface area contributed by atoms with E-state index < -0.39 is 17.8 Å². The number of ether oxygens (including phenoxy) is 1. The number of amides is 4. The summed E-state index contributed by atoms with van der Waals surface area (Å²) >= 11 is 15.8. The van der Waals surface area contributed by atoms with E-state index in [0.717, 1.165) is 14.9 Å². The number of imide groups is 2. The van der Waals surface area contributed by atoms with Crippen LogP contribution in [-0.2, 0) is 16.2 Å². The van der Waals surface area contributed by atoms with Crippen molar-refractivity contribution in [2.24, 2.45) is 0 Å². The molecule has 166 valence electrons. The molecule has 1 aliphatic heterocycles. The molecule has 1 N–H and O–H groups in total. The van der Waals surface area contributed by atoms with Crippen LogP contribution in [0.3, 0.4) is 0 Å². The lowest BCUT2D eigenvalue weighted by atomic mass is 10.1. The summed E-state index contributed by atoms with van der Waals surface area (Å²) in [6, 6.07) is 18.2. The zero-order valence-corrected chi connectivity index (χ0v) is 19.9. The summed E-state index contributed by atoms with van der Waals surface area (Å²) in [5.41, 5.74) is 1.27. The number of benzene rings is 3. The van der Waals surface area contributed by atoms with Crippen LogP contribution in [0.4, 0.5) is 10.5 Å². The van der Waals surface area contributed by atoms with E-state index in [0.29, 0.717) is 16.3 Å². The second-order valence-electron chi connectivity index (χ2n) is 7.01. The minimum absolute atomic E-state index is 0.210. The first-order valence-electron chi connectivity index (χ1n) is 9.66. The Hall–Kier alpha value is -3.13. The van der Waals surface area contributed by atoms with E-state index in [-0.39, 0.29) is 23.0 Å². The Bertz CT molecular complexity index is 1280. The third-order valence-corrected chi connectivity index (χ3v) is 5.78. The average molecular weight is 546 g/mol. The number of hydrogen-bond donors (Lipinski definition) is 1. The monoisotopic (exact) mass is 544 g/mol. The van der Waals surface area contributed by atoms with Crippen molar-refractivity contribution in [1.29, 1.82) is 0 Å². The Morgan fingerprint density at radius 2 is 1.67 bits per heavy atom. The molecule has 1 heterocycles. The van der Waals surface area contributed by atoms with Gasteiger partial charge >= 0.3 is 6.03 Å². The molecule has 3 aromatic carbocycles. The lowest BCUT2D eigenvalue weighted by Crippen LogP contribution is -2.54. The second kappa shape index (κ2) is 9.79. The third kappa shape index (κ3) is 5.11. The minimum Gasteiger partial charge on any atom is -0.487 e. The number of carbonyl (C=O) groups is 3. The molecule has 0 aliphatic carbocycles. The van der Waals surface area contributed by atoms with Gasteiger partial charge in [0.1, 0.15) is 17.9 Å². The summed E-state index contributed by atoms with van der Waals surface area (Å²) in [4.78, 5) is 39.0. The smallest absolute Gasteiger partial charge is 0.335 e. The Kier molecular flexibility index (Phi) is 6.83. The molecule has 9 heteroatoms. The highest BCUT2D eigenvalue weighted by atomic mass is 79.9. The standard InChI is InChI=1S/C24H15BrCl2N2O4/c25-16-6-8-18(9-7-16)29-23(31)19(22(30)28-24(29)32)11-15-10-17(26)12-20(27)21(15)33-13-14-4-2-1-3-5-14/h1-12H,13H2,(H,28,30,32)/b19-11+. The van der Waals surface area contributed by atoms with Crippen molar-refractivity contribution in [2.75, 3.05) is 4.90 Å². The summed E-state index contributed by atoms with van der Waals surface area (Å²) < 4.78 is 6.68. The van der Waals surface area contributed by atoms with E-state index in [2.05, 4.69) is 21.2 Å². The molecule has 0 spiro atoms. The van der Waals surface area contributed by atoms with Gasteiger partial charge in [-0.15, -0.1) is 0 Å². The molecule has 33 heavy (non-hydrogen) atoms. The quantitative estimate of drug-likeness (QED) is 0.315. The van der Waals surface area contributed by atoms with Gasteiger partial charge in [-0.3, -0.25) is 14.9 Å². The fraction of sp³-hybridized carbons (Fsp3) is 0.0417. The van der Waals surface area contributed by atoms with Gasteiger partial charge in [0.15, 0.2) is 0 Å². The van der Waals surface area contributed by atoms with Crippen molar-refractivity contribution in [1.82, 2.24) is 5.32 Å². The summed E-state index contributed by atoms with van der Waals surface area (Å²) in [6.07, 6.45) is 1.31. The number of carbonyl (C=O) groups excluding carboxylic acids is 3. The molecule has 0 saturated carbocycles. The first-order valence-corrected chi connectivity index (χ1v) is 11.2. The van der Waals surface area contributed by atoms with Crippen LogP contribution in [0.15, 0.2) is 76.8 Å². The predicted molar refractivity (Wildman–Crippen MR) is 130 cm³/mol. The van der Waals surface area contributed by atoms with Gasteiger partial charge in [-0.05, 0) is 48.0 Å². The second-order valence-corrected chi connectivity index (χ2v) is 8.77. The minimum atomic E-state index is -0.839. The Morgan fingerprint density at radius 1 is 0.970 bits per heavy atom. The van der Waals surface area contributed by atoms with Crippen molar-refractivity contribution in [3.05, 3.63) is 97.9 Å². The predicted octanol–water partition coefficient (Wildman–Crippen LogP) is 6.00. The number of nitrogens with one attached hydrogen (secondary N) is 1. The van der Waals surface area contributed by atoms with Gasteiger partial charge in [0.05, 0.1) is 10.7 Å². The summed E-state index contributed by atoms with van der Waals surface area (Å²) in [6.45, 7) is 0.210. The molecule has 1 saturated heterocycles. The summed E-state index contributed by atoms with van der Waals surface area (Å²) in [5, 5.41) is 2.70. The molecule has 0 unspecified atom stereocenters. The molecule has 1 aliphatic rings. The zero-order valence-electron chi connectivity index (χ0n) is 16.8. The number of hydrogen-bond acceptors (Lipinski definition) is 4. The molecule has 0 bridgehead atoms. The van der Waals surface area contributed by atoms with Crippen LogP contribution in [0.25, 0.3) is 6.08 Å². The van der Waals surface area contributed by atoms with Crippen LogP contribution >= 0.6 is 39.1 Å². The van der Waals surface area contributed by atoms with Gasteiger partial charge < -0.3 is 4.74 Å². The molecule has 0 aromatic heterocycles. The van der Waals surface area contributed by atoms with Gasteiger partial charge in [-0.2, -0.15) is 0 Å². The van der Waals surface area contributed by atoms with E-state index in [1.807, 2.05) is 30.3 Å². The Labute approximate surface area is 207 Å². The number of rotatable bonds is 5. The molecular weight excluding hydrogens is 531 g/mol. The third-order valence-electron chi connectivity index (χ3n) is 4.75. The Balaban J connectivity index is 1.72. The molecular formula is C24H15BrCl2N2O4. The van der Waals surface area contributed by atoms with E-state index in [1.165, 1.54) is 18.2 Å². The highest BCUT2D eigenvalue weighted by Crippen LogP contribution is 2.35. The number of anilines is 1. The summed E-state index contributed by atoms with van der Waals surface area (Å²) in [7, 11) is 0. The van der Waals surface area contributed by atoms with E-state index >= 15 is 0 Å². The number of urea groups is 1. The maximum Gasteiger partial charge on any atom is 0.335 e. The molecule has 1 fully saturated rings. The number of barbiturate groups is 1. The number of halogens is 3. The molecule has 4 amide bonds. The lowest BCUT2D eigenvalue weighted by Gasteiger charge is -2.26. The van der Waals surface area contributed by atoms with Crippen LogP contribution in [0.5, 0.6) is 5.75 Å². The Morgan fingerprint density at radius 3 is 2.36 bits per heavy atom. The maximum atomic E-state index is 13.2. The van der Waals surface area contributed by atoms with Crippen molar-refractivity contribution < 1.29 is 19.1 Å². The first-order chi connectivity index (χ1) is 15.8. The molecule has 0 atom stereocenters. The highest BCUT2D eigenvalue weighted by molar-refractivity contribution is 9.10. The van der Waals surface area contributed by atoms with Gasteiger partial charge in [-0.1, -0.05) is 69.5 Å². The van der Waals surface area contributed by atoms with E-state index in [1.54, 1.807) is 24.3 Å². The SMILES string of the molecule is O=C1NC(=O)N(c2ccc(Br)cc2)C(=O)/C1=C/c1cc(Cl)cc(Cl)c1OCc1ccccc1. The van der Waals surface area contributed by atoms with Crippen molar-refractivity contribution in [2.45, 2.75) is 6.61 Å². The van der Waals surface area contributed by atoms with Gasteiger partial charge in [0, 0.05) is 15.1 Å². The average Bonchev–Trinajstić information content (AvgIpc) is 2.78. The van der Waals surface area contributed by atoms with Crippen LogP contribution in [0.1, 0.15) is 11.1 Å². The van der Waals surface area contributed by atoms with Crippen LogP contribution in [-0.4, -0.2) is 17.8 Å². The molecule has 3 aromatic rings. The van der Waals surface area contributed by atoms with Crippen molar-refractivity contribution >= 4 is 68.7 Å². The van der Waals surface area contributed by atoms with E-state index in [9.17, 15) is 14.4 Å².